The number of aromatic amines is 2. The molecule has 0 bridgehead atoms. The minimum atomic E-state index is 0.846. The maximum absolute atomic E-state index is 5.36. The first-order valence-corrected chi connectivity index (χ1v) is 31.4. The van der Waals surface area contributed by atoms with Gasteiger partial charge in [-0.1, -0.05) is 36.4 Å². The van der Waals surface area contributed by atoms with E-state index in [9.17, 15) is 0 Å². The van der Waals surface area contributed by atoms with Crippen LogP contribution in [0.4, 0.5) is 0 Å². The largest absolute Gasteiger partial charge is 0.468 e. The van der Waals surface area contributed by atoms with E-state index in [0.29, 0.717) is 0 Å². The highest BCUT2D eigenvalue weighted by molar-refractivity contribution is 7.13. The molecular formula is C75H54N10O2S2. The van der Waals surface area contributed by atoms with Gasteiger partial charge < -0.3 is 18.8 Å². The van der Waals surface area contributed by atoms with Crippen molar-refractivity contribution in [1.82, 2.24) is 49.8 Å². The Morgan fingerprint density at radius 2 is 0.910 bits per heavy atom. The molecule has 1 aromatic carbocycles. The van der Waals surface area contributed by atoms with Crippen LogP contribution in [0, 0.1) is 0 Å². The van der Waals surface area contributed by atoms with Gasteiger partial charge in [0, 0.05) is 190 Å². The molecule has 0 spiro atoms. The van der Waals surface area contributed by atoms with Crippen LogP contribution in [-0.4, -0.2) is 49.8 Å². The van der Waals surface area contributed by atoms with Gasteiger partial charge in [-0.05, 0) is 147 Å². The van der Waals surface area contributed by atoms with Crippen LogP contribution in [0.3, 0.4) is 0 Å². The van der Waals surface area contributed by atoms with E-state index in [4.69, 9.17) is 8.83 Å². The number of nitrogens with zero attached hydrogens (tertiary/aromatic N) is 8. The molecule has 0 radical (unpaired) electrons. The van der Waals surface area contributed by atoms with Gasteiger partial charge in [0.15, 0.2) is 0 Å². The van der Waals surface area contributed by atoms with Crippen LogP contribution in [0.1, 0.15) is 78.4 Å². The quantitative estimate of drug-likeness (QED) is 0.150. The van der Waals surface area contributed by atoms with Crippen LogP contribution in [0.25, 0.3) is 88.3 Å². The van der Waals surface area contributed by atoms with Gasteiger partial charge in [-0.15, -0.1) is 22.7 Å². The van der Waals surface area contributed by atoms with Crippen molar-refractivity contribution in [3.63, 3.8) is 0 Å². The molecule has 0 saturated heterocycles. The van der Waals surface area contributed by atoms with Crippen molar-refractivity contribution in [2.45, 2.75) is 44.9 Å². The number of nitrogens with one attached hydrogen (secondary N) is 2. The molecule has 0 fully saturated rings. The van der Waals surface area contributed by atoms with Crippen LogP contribution in [0.15, 0.2) is 240 Å². The third-order valence-electron chi connectivity index (χ3n) is 17.1. The second kappa shape index (κ2) is 23.5. The summed E-state index contributed by atoms with van der Waals surface area (Å²) >= 11 is 3.64. The number of hydrogen-bond acceptors (Lipinski definition) is 12. The lowest BCUT2D eigenvalue weighted by molar-refractivity contribution is 0.524. The number of hydrogen-bond donors (Lipinski definition) is 2. The molecule has 0 unspecified atom stereocenters. The van der Waals surface area contributed by atoms with Gasteiger partial charge in [-0.3, -0.25) is 39.9 Å². The molecule has 14 aromatic heterocycles. The summed E-state index contributed by atoms with van der Waals surface area (Å²) in [5, 5.41) is 6.76. The van der Waals surface area contributed by atoms with Gasteiger partial charge >= 0.3 is 0 Å². The molecule has 0 atom stereocenters. The fourth-order valence-electron chi connectivity index (χ4n) is 12.9. The summed E-state index contributed by atoms with van der Waals surface area (Å²) in [6, 6.07) is 47.9. The van der Waals surface area contributed by atoms with Crippen molar-refractivity contribution in [3.05, 3.63) is 309 Å². The van der Waals surface area contributed by atoms with Crippen LogP contribution < -0.4 is 0 Å². The monoisotopic (exact) mass is 1190 g/mol. The number of pyridine rings is 8. The molecule has 7 aliphatic rings. The molecule has 428 valence electrons. The number of thiophene rings is 2. The summed E-state index contributed by atoms with van der Waals surface area (Å²) in [7, 11) is 0. The number of benzene rings is 1. The molecule has 14 heterocycles. The highest BCUT2D eigenvalue weighted by Crippen LogP contribution is 2.42. The first-order chi connectivity index (χ1) is 44.1. The maximum atomic E-state index is 5.36. The SMILES string of the molecule is c1cnc2c(c1)-c1[nH]ccc1C2.c1cnc2c(c1)-c1cc3cnccc3cc1C2.c1cnc2c(c1)-c1cc[nH]c1C2.c1cnc2c(c1)-c1ccoc1C2.c1cnc2c(c1)-c1ccsc1C2.c1cnc2c(c1)-c1occc1C2.c1cnc2c(c1)-c1sccc1C2. The van der Waals surface area contributed by atoms with E-state index >= 15 is 0 Å². The van der Waals surface area contributed by atoms with E-state index in [0.717, 1.165) is 73.4 Å². The first kappa shape index (κ1) is 53.7. The Balaban J connectivity index is 0.0000000837. The molecule has 89 heavy (non-hydrogen) atoms. The van der Waals surface area contributed by atoms with Crippen molar-refractivity contribution < 1.29 is 8.83 Å². The average molecular weight is 1190 g/mol. The van der Waals surface area contributed by atoms with Gasteiger partial charge in [0.25, 0.3) is 0 Å². The Bertz CT molecular complexity index is 4430. The van der Waals surface area contributed by atoms with Crippen LogP contribution in [0.2, 0.25) is 0 Å². The normalized spacial score (nSPS) is 12.6. The minimum absolute atomic E-state index is 0.846. The Hall–Kier alpha value is -10.8. The highest BCUT2D eigenvalue weighted by atomic mass is 32.1. The lowest BCUT2D eigenvalue weighted by Crippen LogP contribution is -1.85. The number of fused-ring (bicyclic) bond motifs is 22. The fourth-order valence-corrected chi connectivity index (χ4v) is 14.8. The molecule has 0 aliphatic heterocycles. The Labute approximate surface area is 520 Å². The zero-order chi connectivity index (χ0) is 59.0. The van der Waals surface area contributed by atoms with Crippen molar-refractivity contribution >= 4 is 33.4 Å². The second-order valence-corrected chi connectivity index (χ2v) is 24.2. The molecule has 0 saturated carbocycles. The Kier molecular flexibility index (Phi) is 14.1. The van der Waals surface area contributed by atoms with Crippen LogP contribution in [-0.2, 0) is 44.9 Å². The first-order valence-electron chi connectivity index (χ1n) is 29.7. The summed E-state index contributed by atoms with van der Waals surface area (Å²) in [5.41, 5.74) is 30.4. The third-order valence-corrected chi connectivity index (χ3v) is 19.0. The zero-order valence-electron chi connectivity index (χ0n) is 48.1. The summed E-state index contributed by atoms with van der Waals surface area (Å²) < 4.78 is 10.7. The van der Waals surface area contributed by atoms with Crippen LogP contribution in [0.5, 0.6) is 0 Å². The Morgan fingerprint density at radius 1 is 0.348 bits per heavy atom. The van der Waals surface area contributed by atoms with Crippen molar-refractivity contribution in [3.8, 4) is 77.5 Å². The molecule has 22 rings (SSSR count). The number of H-pyrrole nitrogens is 2. The fraction of sp³-hybridized carbons (Fsp3) is 0.0933. The summed E-state index contributed by atoms with van der Waals surface area (Å²) in [4.78, 5) is 43.9. The predicted octanol–water partition coefficient (Wildman–Crippen LogP) is 17.1. The summed E-state index contributed by atoms with van der Waals surface area (Å²) in [6.07, 6.45) is 30.9. The van der Waals surface area contributed by atoms with Gasteiger partial charge in [-0.25, -0.2) is 0 Å². The van der Waals surface area contributed by atoms with E-state index in [1.165, 1.54) is 138 Å². The van der Waals surface area contributed by atoms with E-state index in [-0.39, 0.29) is 0 Å². The third kappa shape index (κ3) is 10.4. The number of aromatic nitrogens is 10. The van der Waals surface area contributed by atoms with Crippen molar-refractivity contribution in [1.29, 1.82) is 0 Å². The topological polar surface area (TPSA) is 161 Å². The number of rotatable bonds is 0. The second-order valence-electron chi connectivity index (χ2n) is 22.3. The maximum Gasteiger partial charge on any atom is 0.139 e. The van der Waals surface area contributed by atoms with E-state index in [1.807, 2.05) is 145 Å². The van der Waals surface area contributed by atoms with E-state index < -0.39 is 0 Å². The molecule has 7 aliphatic carbocycles. The Morgan fingerprint density at radius 3 is 1.67 bits per heavy atom. The molecule has 2 N–H and O–H groups in total. The molecule has 14 heteroatoms. The average Bonchev–Trinajstić information content (AvgIpc) is 3.10. The highest BCUT2D eigenvalue weighted by Gasteiger charge is 2.26. The van der Waals surface area contributed by atoms with E-state index in [2.05, 4.69) is 146 Å². The zero-order valence-corrected chi connectivity index (χ0v) is 49.7. The predicted molar refractivity (Wildman–Crippen MR) is 352 cm³/mol. The van der Waals surface area contributed by atoms with Gasteiger partial charge in [-0.2, -0.15) is 0 Å². The standard InChI is InChI=1S/C15H10N2.2C10H8N2.2C10H7NO.2C10H7NS/c1-2-13-14-7-12-9-16-5-3-10(12)6-11(14)8-15(13)17-4-1;1-2-8-9(11-4-1)6-7-3-5-12-10(7)8;1-2-7-8-3-5-12-10(8)6-9(7)11-4-1;1-2-8-9(11-4-1)6-7-3-5-12-10(7)8;1-2-7-8-3-5-12-10(8)6-9(7)11-4-1;1-2-8-9(11-4-1)6-7-3-5-12-10(7)8;1-2-7-8-3-5-12-10(8)6-9(7)11-4-1/h1-7,9H,8H2;2*1-5,12H,6H2;4*1-5H,6H2. The molecule has 12 nitrogen and oxygen atoms in total. The summed E-state index contributed by atoms with van der Waals surface area (Å²) in [5.74, 6) is 2.04. The number of furan rings is 2. The minimum Gasteiger partial charge on any atom is -0.468 e. The lowest BCUT2D eigenvalue weighted by atomic mass is 10.0. The van der Waals surface area contributed by atoms with Gasteiger partial charge in [0.1, 0.15) is 11.5 Å². The van der Waals surface area contributed by atoms with Crippen molar-refractivity contribution in [2.75, 3.05) is 0 Å². The van der Waals surface area contributed by atoms with Crippen LogP contribution >= 0.6 is 22.7 Å². The smallest absolute Gasteiger partial charge is 0.139 e. The molecular weight excluding hydrogens is 1140 g/mol. The van der Waals surface area contributed by atoms with Gasteiger partial charge in [0.2, 0.25) is 0 Å². The molecule has 15 aromatic rings. The molecule has 0 amide bonds. The lowest BCUT2D eigenvalue weighted by Gasteiger charge is -2.03. The van der Waals surface area contributed by atoms with E-state index in [1.54, 1.807) is 12.5 Å². The summed E-state index contributed by atoms with van der Waals surface area (Å²) in [6.45, 7) is 0. The van der Waals surface area contributed by atoms with Gasteiger partial charge in [0.05, 0.1) is 58.1 Å². The van der Waals surface area contributed by atoms with Crippen molar-refractivity contribution in [2.24, 2.45) is 0 Å².